The smallest absolute Gasteiger partial charge is 0.343 e. The number of nitrogens with zero attached hydrogens (tertiary/aromatic N) is 1. The molecule has 0 bridgehead atoms. The molecule has 0 aliphatic heterocycles. The largest absolute Gasteiger partial charge is 0.496 e. The van der Waals surface area contributed by atoms with Gasteiger partial charge in [0.25, 0.3) is 0 Å². The molecule has 1 heterocycles. The Kier molecular flexibility index (Phi) is 6.15. The van der Waals surface area contributed by atoms with E-state index in [0.717, 1.165) is 0 Å². The van der Waals surface area contributed by atoms with Crippen molar-refractivity contribution in [3.8, 4) is 23.0 Å². The molecule has 0 atom stereocenters. The number of esters is 1. The summed E-state index contributed by atoms with van der Waals surface area (Å²) >= 11 is 0. The van der Waals surface area contributed by atoms with Crippen LogP contribution >= 0.6 is 0 Å². The summed E-state index contributed by atoms with van der Waals surface area (Å²) in [6.07, 6.45) is 4.18. The van der Waals surface area contributed by atoms with Crippen LogP contribution in [0.15, 0.2) is 73.1 Å². The number of ether oxygens (including phenoxy) is 4. The molecule has 0 radical (unpaired) electrons. The summed E-state index contributed by atoms with van der Waals surface area (Å²) < 4.78 is 22.5. The van der Waals surface area contributed by atoms with Crippen molar-refractivity contribution in [3.63, 3.8) is 0 Å². The standard InChI is InChI=1S/C29H21NO7/c1-34-22-8-4-6-17-21(31)14-19(27(32)25(17)22)20-15-24(36-3)18-7-5-9-23(35-2)26(18)28(20)37-29(33)16-10-12-30-13-11-16/h4-15H,1-3H3. The van der Waals surface area contributed by atoms with E-state index in [1.165, 1.54) is 51.9 Å². The molecule has 1 aliphatic carbocycles. The van der Waals surface area contributed by atoms with Crippen LogP contribution in [-0.4, -0.2) is 43.8 Å². The molecular weight excluding hydrogens is 474 g/mol. The predicted octanol–water partition coefficient (Wildman–Crippen LogP) is 4.94. The lowest BCUT2D eigenvalue weighted by atomic mass is 9.84. The van der Waals surface area contributed by atoms with E-state index >= 15 is 0 Å². The lowest BCUT2D eigenvalue weighted by molar-refractivity contribution is 0.0735. The number of hydrogen-bond acceptors (Lipinski definition) is 8. The third-order valence-corrected chi connectivity index (χ3v) is 6.14. The maximum absolute atomic E-state index is 13.8. The first kappa shape index (κ1) is 23.7. The van der Waals surface area contributed by atoms with Crippen molar-refractivity contribution >= 4 is 33.9 Å². The SMILES string of the molecule is COc1cccc2c1C(=O)C(c1cc(OC)c3cccc(OC)c3c1OC(=O)c1ccncc1)=CC2=O. The molecule has 0 spiro atoms. The molecule has 1 aromatic heterocycles. The van der Waals surface area contributed by atoms with Crippen LogP contribution in [0.25, 0.3) is 16.3 Å². The molecule has 0 unspecified atom stereocenters. The first-order valence-electron chi connectivity index (χ1n) is 11.3. The molecule has 4 aromatic rings. The molecule has 184 valence electrons. The van der Waals surface area contributed by atoms with Crippen molar-refractivity contribution < 1.29 is 33.3 Å². The predicted molar refractivity (Wildman–Crippen MR) is 136 cm³/mol. The fourth-order valence-corrected chi connectivity index (χ4v) is 4.41. The third kappa shape index (κ3) is 3.98. The van der Waals surface area contributed by atoms with Gasteiger partial charge in [0.15, 0.2) is 17.3 Å². The van der Waals surface area contributed by atoms with Gasteiger partial charge in [-0.2, -0.15) is 0 Å². The fourth-order valence-electron chi connectivity index (χ4n) is 4.41. The quantitative estimate of drug-likeness (QED) is 0.274. The Labute approximate surface area is 212 Å². The van der Waals surface area contributed by atoms with Gasteiger partial charge in [-0.15, -0.1) is 0 Å². The number of rotatable bonds is 6. The zero-order valence-electron chi connectivity index (χ0n) is 20.2. The molecule has 0 saturated heterocycles. The van der Waals surface area contributed by atoms with Gasteiger partial charge in [0.2, 0.25) is 0 Å². The average molecular weight is 495 g/mol. The fraction of sp³-hybridized carbons (Fsp3) is 0.103. The first-order valence-corrected chi connectivity index (χ1v) is 11.3. The lowest BCUT2D eigenvalue weighted by Crippen LogP contribution is -2.19. The van der Waals surface area contributed by atoms with E-state index in [4.69, 9.17) is 18.9 Å². The second-order valence-corrected chi connectivity index (χ2v) is 8.10. The number of Topliss-reactive ketones (excluding diaryl/α,β-unsaturated/α-hetero) is 1. The van der Waals surface area contributed by atoms with Crippen molar-refractivity contribution in [2.24, 2.45) is 0 Å². The van der Waals surface area contributed by atoms with Gasteiger partial charge in [-0.05, 0) is 36.4 Å². The van der Waals surface area contributed by atoms with Crippen LogP contribution in [0.2, 0.25) is 0 Å². The normalized spacial score (nSPS) is 12.6. The molecule has 5 rings (SSSR count). The molecule has 0 amide bonds. The van der Waals surface area contributed by atoms with Gasteiger partial charge in [0, 0.05) is 34.5 Å². The van der Waals surface area contributed by atoms with Gasteiger partial charge >= 0.3 is 5.97 Å². The highest BCUT2D eigenvalue weighted by molar-refractivity contribution is 6.40. The minimum Gasteiger partial charge on any atom is -0.496 e. The van der Waals surface area contributed by atoms with E-state index in [0.29, 0.717) is 22.3 Å². The molecule has 0 saturated carbocycles. The van der Waals surface area contributed by atoms with Crippen LogP contribution < -0.4 is 18.9 Å². The molecular formula is C29H21NO7. The Balaban J connectivity index is 1.80. The number of pyridine rings is 1. The lowest BCUT2D eigenvalue weighted by Gasteiger charge is -2.22. The summed E-state index contributed by atoms with van der Waals surface area (Å²) in [5, 5.41) is 1.00. The van der Waals surface area contributed by atoms with E-state index in [2.05, 4.69) is 4.98 Å². The van der Waals surface area contributed by atoms with E-state index in [1.54, 1.807) is 42.5 Å². The van der Waals surface area contributed by atoms with E-state index in [-0.39, 0.29) is 45.1 Å². The van der Waals surface area contributed by atoms with E-state index in [1.807, 2.05) is 0 Å². The maximum atomic E-state index is 13.8. The molecule has 37 heavy (non-hydrogen) atoms. The maximum Gasteiger partial charge on any atom is 0.343 e. The minimum absolute atomic E-state index is 0.0330. The summed E-state index contributed by atoms with van der Waals surface area (Å²) in [5.41, 5.74) is 0.857. The number of allylic oxidation sites excluding steroid dienone is 2. The van der Waals surface area contributed by atoms with Gasteiger partial charge in [0.1, 0.15) is 17.2 Å². The zero-order valence-corrected chi connectivity index (χ0v) is 20.2. The highest BCUT2D eigenvalue weighted by Crippen LogP contribution is 2.46. The average Bonchev–Trinajstić information content (AvgIpc) is 2.94. The molecule has 0 fully saturated rings. The zero-order chi connectivity index (χ0) is 26.1. The van der Waals surface area contributed by atoms with Crippen molar-refractivity contribution in [2.75, 3.05) is 21.3 Å². The summed E-state index contributed by atoms with van der Waals surface area (Å²) in [5.74, 6) is -0.390. The topological polar surface area (TPSA) is 101 Å². The van der Waals surface area contributed by atoms with Gasteiger partial charge in [0.05, 0.1) is 37.8 Å². The third-order valence-electron chi connectivity index (χ3n) is 6.14. The number of fused-ring (bicyclic) bond motifs is 2. The first-order chi connectivity index (χ1) is 18.0. The summed E-state index contributed by atoms with van der Waals surface area (Å²) in [4.78, 5) is 44.1. The molecule has 0 N–H and O–H groups in total. The van der Waals surface area contributed by atoms with Crippen LogP contribution in [0.1, 0.15) is 36.6 Å². The summed E-state index contributed by atoms with van der Waals surface area (Å²) in [6.45, 7) is 0. The van der Waals surface area contributed by atoms with Crippen LogP contribution in [0.5, 0.6) is 23.0 Å². The number of aromatic nitrogens is 1. The molecule has 8 heteroatoms. The highest BCUT2D eigenvalue weighted by Gasteiger charge is 2.33. The molecule has 1 aliphatic rings. The van der Waals surface area contributed by atoms with Crippen LogP contribution in [0, 0.1) is 0 Å². The number of carbonyl (C=O) groups excluding carboxylic acids is 3. The van der Waals surface area contributed by atoms with Crippen molar-refractivity contribution in [2.45, 2.75) is 0 Å². The second-order valence-electron chi connectivity index (χ2n) is 8.10. The summed E-state index contributed by atoms with van der Waals surface area (Å²) in [7, 11) is 4.40. The van der Waals surface area contributed by atoms with Crippen LogP contribution in [-0.2, 0) is 0 Å². The molecule has 3 aromatic carbocycles. The molecule has 8 nitrogen and oxygen atoms in total. The Morgan fingerprint density at radius 3 is 2.16 bits per heavy atom. The Hall–Kier alpha value is -4.98. The number of carbonyl (C=O) groups is 3. The van der Waals surface area contributed by atoms with Gasteiger partial charge in [-0.3, -0.25) is 14.6 Å². The number of hydrogen-bond donors (Lipinski definition) is 0. The Morgan fingerprint density at radius 2 is 1.46 bits per heavy atom. The Bertz CT molecular complexity index is 1610. The van der Waals surface area contributed by atoms with Crippen LogP contribution in [0.3, 0.4) is 0 Å². The van der Waals surface area contributed by atoms with Gasteiger partial charge in [-0.25, -0.2) is 4.79 Å². The Morgan fingerprint density at radius 1 is 0.784 bits per heavy atom. The van der Waals surface area contributed by atoms with Gasteiger partial charge < -0.3 is 18.9 Å². The van der Waals surface area contributed by atoms with Crippen molar-refractivity contribution in [1.29, 1.82) is 0 Å². The van der Waals surface area contributed by atoms with Crippen LogP contribution in [0.4, 0.5) is 0 Å². The summed E-state index contributed by atoms with van der Waals surface area (Å²) in [6, 6.07) is 14.7. The number of benzene rings is 3. The van der Waals surface area contributed by atoms with Crippen molar-refractivity contribution in [3.05, 3.63) is 95.3 Å². The van der Waals surface area contributed by atoms with E-state index in [9.17, 15) is 14.4 Å². The van der Waals surface area contributed by atoms with E-state index < -0.39 is 11.8 Å². The highest BCUT2D eigenvalue weighted by atomic mass is 16.5. The minimum atomic E-state index is -0.672. The van der Waals surface area contributed by atoms with Gasteiger partial charge in [-0.1, -0.05) is 24.3 Å². The number of ketones is 2. The monoisotopic (exact) mass is 495 g/mol. The second kappa shape index (κ2) is 9.58. The van der Waals surface area contributed by atoms with Crippen molar-refractivity contribution in [1.82, 2.24) is 4.98 Å². The number of methoxy groups -OCH3 is 3.